The zero-order chi connectivity index (χ0) is 21.6. The van der Waals surface area contributed by atoms with Gasteiger partial charge in [0.1, 0.15) is 5.75 Å². The van der Waals surface area contributed by atoms with Crippen LogP contribution in [0.3, 0.4) is 0 Å². The first-order valence-electron chi connectivity index (χ1n) is 9.45. The Hall–Kier alpha value is -2.38. The number of ether oxygens (including phenoxy) is 2. The van der Waals surface area contributed by atoms with E-state index < -0.39 is 11.9 Å². The van der Waals surface area contributed by atoms with Gasteiger partial charge in [-0.2, -0.15) is 0 Å². The molecular weight excluding hydrogens is 514 g/mol. The summed E-state index contributed by atoms with van der Waals surface area (Å²) in [5.41, 5.74) is 4.65. The average molecular weight is 533 g/mol. The maximum atomic E-state index is 13.4. The number of carbonyl (C=O) groups excluding carboxylic acids is 2. The van der Waals surface area contributed by atoms with E-state index in [1.165, 1.54) is 0 Å². The number of rotatable bonds is 4. The van der Waals surface area contributed by atoms with Gasteiger partial charge in [0.2, 0.25) is 0 Å². The van der Waals surface area contributed by atoms with E-state index in [-0.39, 0.29) is 12.4 Å². The summed E-state index contributed by atoms with van der Waals surface area (Å²) in [6.45, 7) is 3.85. The van der Waals surface area contributed by atoms with Gasteiger partial charge >= 0.3 is 5.97 Å². The summed E-state index contributed by atoms with van der Waals surface area (Å²) in [5.74, 6) is -0.457. The summed E-state index contributed by atoms with van der Waals surface area (Å²) in [7, 11) is 1.58. The summed E-state index contributed by atoms with van der Waals surface area (Å²) >= 11 is 7.08. The van der Waals surface area contributed by atoms with E-state index in [4.69, 9.17) is 9.47 Å². The fourth-order valence-corrected chi connectivity index (χ4v) is 5.63. The molecule has 0 aromatic heterocycles. The van der Waals surface area contributed by atoms with Crippen LogP contribution in [-0.2, 0) is 9.53 Å². The van der Waals surface area contributed by atoms with Gasteiger partial charge in [-0.15, -0.1) is 0 Å². The van der Waals surface area contributed by atoms with Crippen LogP contribution in [0.4, 0.5) is 0 Å². The van der Waals surface area contributed by atoms with Crippen LogP contribution >= 0.6 is 31.9 Å². The van der Waals surface area contributed by atoms with Crippen LogP contribution in [0.15, 0.2) is 62.2 Å². The molecule has 2 aromatic carbocycles. The fraction of sp³-hybridized carbons (Fsp3) is 0.217. The zero-order valence-electron chi connectivity index (χ0n) is 16.6. The molecule has 7 heteroatoms. The van der Waals surface area contributed by atoms with Crippen LogP contribution in [0.25, 0.3) is 5.70 Å². The van der Waals surface area contributed by atoms with E-state index >= 15 is 0 Å². The van der Waals surface area contributed by atoms with Gasteiger partial charge in [-0.05, 0) is 63.4 Å². The number of dihydropyridines is 1. The maximum absolute atomic E-state index is 13.4. The minimum Gasteiger partial charge on any atom is -0.494 e. The Morgan fingerprint density at radius 2 is 1.77 bits per heavy atom. The number of carbonyl (C=O) groups is 2. The molecule has 4 rings (SSSR count). The van der Waals surface area contributed by atoms with Gasteiger partial charge in [0.25, 0.3) is 0 Å². The highest BCUT2D eigenvalue weighted by atomic mass is 79.9. The molecule has 0 saturated heterocycles. The van der Waals surface area contributed by atoms with Crippen LogP contribution in [0.2, 0.25) is 0 Å². The highest BCUT2D eigenvalue weighted by Gasteiger charge is 2.43. The van der Waals surface area contributed by atoms with Gasteiger partial charge in [0, 0.05) is 28.3 Å². The second-order valence-electron chi connectivity index (χ2n) is 7.00. The molecule has 0 amide bonds. The molecule has 5 nitrogen and oxygen atoms in total. The number of nitrogens with one attached hydrogen (secondary N) is 1. The van der Waals surface area contributed by atoms with Gasteiger partial charge in [-0.1, -0.05) is 24.3 Å². The Balaban J connectivity index is 1.96. The molecule has 0 radical (unpaired) electrons. The quantitative estimate of drug-likeness (QED) is 0.537. The Kier molecular flexibility index (Phi) is 5.59. The second kappa shape index (κ2) is 8.04. The summed E-state index contributed by atoms with van der Waals surface area (Å²) in [4.78, 5) is 26.4. The molecule has 0 fully saturated rings. The van der Waals surface area contributed by atoms with Crippen molar-refractivity contribution in [3.8, 4) is 5.75 Å². The minimum atomic E-state index is -0.571. The first-order valence-corrected chi connectivity index (χ1v) is 11.0. The number of halogens is 2. The molecule has 2 aromatic rings. The van der Waals surface area contributed by atoms with Crippen molar-refractivity contribution in [1.82, 2.24) is 5.32 Å². The lowest BCUT2D eigenvalue weighted by Crippen LogP contribution is -2.29. The molecule has 0 saturated carbocycles. The van der Waals surface area contributed by atoms with E-state index in [1.807, 2.05) is 43.3 Å². The third kappa shape index (κ3) is 3.20. The molecule has 1 aliphatic carbocycles. The standard InChI is InChI=1S/C23H19Br2NO4/c1-4-30-23(28)17-11(2)26-20-13-7-5-6-8-14(13)21(27)19(20)18(17)12-9-15(24)22(29-3)16(25)10-12/h5-10,18,26H,4H2,1-3H3/t18-/m1/s1. The number of Topliss-reactive ketones (excluding diaryl/α,β-unsaturated/α-hetero) is 1. The fourth-order valence-electron chi connectivity index (χ4n) is 4.08. The summed E-state index contributed by atoms with van der Waals surface area (Å²) in [6.07, 6.45) is 0. The van der Waals surface area contributed by atoms with Gasteiger partial charge in [-0.25, -0.2) is 4.79 Å². The van der Waals surface area contributed by atoms with E-state index in [9.17, 15) is 9.59 Å². The lowest BCUT2D eigenvalue weighted by molar-refractivity contribution is -0.138. The van der Waals surface area contributed by atoms with Gasteiger partial charge in [0.05, 0.1) is 33.9 Å². The van der Waals surface area contributed by atoms with E-state index in [1.54, 1.807) is 14.0 Å². The monoisotopic (exact) mass is 531 g/mol. The van der Waals surface area contributed by atoms with Gasteiger partial charge < -0.3 is 14.8 Å². The first-order chi connectivity index (χ1) is 14.4. The van der Waals surface area contributed by atoms with Crippen LogP contribution < -0.4 is 10.1 Å². The molecule has 0 unspecified atom stereocenters. The Bertz CT molecular complexity index is 1130. The number of methoxy groups -OCH3 is 1. The smallest absolute Gasteiger partial charge is 0.336 e. The summed E-state index contributed by atoms with van der Waals surface area (Å²) in [6, 6.07) is 11.2. The largest absolute Gasteiger partial charge is 0.494 e. The van der Waals surface area contributed by atoms with Crippen molar-refractivity contribution in [1.29, 1.82) is 0 Å². The van der Waals surface area contributed by atoms with Crippen molar-refractivity contribution in [2.75, 3.05) is 13.7 Å². The molecule has 1 atom stereocenters. The number of allylic oxidation sites excluding steroid dienone is 2. The van der Waals surface area contributed by atoms with Gasteiger partial charge in [0.15, 0.2) is 5.78 Å². The van der Waals surface area contributed by atoms with Crippen LogP contribution in [0, 0.1) is 0 Å². The normalized spacial score (nSPS) is 17.5. The lowest BCUT2D eigenvalue weighted by Gasteiger charge is -2.29. The Morgan fingerprint density at radius 3 is 2.37 bits per heavy atom. The summed E-state index contributed by atoms with van der Waals surface area (Å²) < 4.78 is 12.2. The highest BCUT2D eigenvalue weighted by molar-refractivity contribution is 9.11. The van der Waals surface area contributed by atoms with Crippen molar-refractivity contribution in [2.45, 2.75) is 19.8 Å². The minimum absolute atomic E-state index is 0.0875. The van der Waals surface area contributed by atoms with Crippen molar-refractivity contribution in [3.05, 3.63) is 78.9 Å². The number of fused-ring (bicyclic) bond motifs is 2. The molecular formula is C23H19Br2NO4. The van der Waals surface area contributed by atoms with Crippen LogP contribution in [0.1, 0.15) is 41.3 Å². The SMILES string of the molecule is CCOC(=O)C1=C(C)NC2=C(C(=O)c3ccccc32)[C@@H]1c1cc(Br)c(OC)c(Br)c1. The molecule has 2 aliphatic rings. The Morgan fingerprint density at radius 1 is 1.13 bits per heavy atom. The van der Waals surface area contributed by atoms with Crippen LogP contribution in [0.5, 0.6) is 5.75 Å². The second-order valence-corrected chi connectivity index (χ2v) is 8.71. The van der Waals surface area contributed by atoms with Crippen molar-refractivity contribution in [2.24, 2.45) is 0 Å². The average Bonchev–Trinajstić information content (AvgIpc) is 2.99. The number of benzene rings is 2. The molecule has 154 valence electrons. The molecule has 30 heavy (non-hydrogen) atoms. The molecule has 1 aliphatic heterocycles. The highest BCUT2D eigenvalue weighted by Crippen LogP contribution is 2.48. The first kappa shape index (κ1) is 20.9. The molecule has 1 N–H and O–H groups in total. The van der Waals surface area contributed by atoms with Crippen molar-refractivity contribution < 1.29 is 19.1 Å². The third-order valence-electron chi connectivity index (χ3n) is 5.30. The lowest BCUT2D eigenvalue weighted by atomic mass is 9.80. The maximum Gasteiger partial charge on any atom is 0.336 e. The van der Waals surface area contributed by atoms with Crippen molar-refractivity contribution in [3.63, 3.8) is 0 Å². The number of hydrogen-bond donors (Lipinski definition) is 1. The van der Waals surface area contributed by atoms with E-state index in [2.05, 4.69) is 37.2 Å². The Labute approximate surface area is 191 Å². The van der Waals surface area contributed by atoms with Crippen LogP contribution in [-0.4, -0.2) is 25.5 Å². The van der Waals surface area contributed by atoms with E-state index in [0.29, 0.717) is 28.2 Å². The predicted octanol–water partition coefficient (Wildman–Crippen LogP) is 5.35. The molecule has 1 heterocycles. The molecule has 0 spiro atoms. The molecule has 0 bridgehead atoms. The topological polar surface area (TPSA) is 64.6 Å². The number of esters is 1. The summed E-state index contributed by atoms with van der Waals surface area (Å²) in [5, 5.41) is 3.30. The number of hydrogen-bond acceptors (Lipinski definition) is 5. The van der Waals surface area contributed by atoms with E-state index in [0.717, 1.165) is 25.8 Å². The predicted molar refractivity (Wildman–Crippen MR) is 121 cm³/mol. The van der Waals surface area contributed by atoms with Crippen molar-refractivity contribution >= 4 is 49.3 Å². The van der Waals surface area contributed by atoms with Gasteiger partial charge in [-0.3, -0.25) is 4.79 Å². The third-order valence-corrected chi connectivity index (χ3v) is 6.48. The zero-order valence-corrected chi connectivity index (χ0v) is 19.8. The number of ketones is 1.